The average molecular weight is 287 g/mol. The first-order valence-corrected chi connectivity index (χ1v) is 7.18. The Morgan fingerprint density at radius 3 is 2.52 bits per heavy atom. The molecule has 0 spiro atoms. The van der Waals surface area contributed by atoms with E-state index in [1.807, 2.05) is 39.8 Å². The summed E-state index contributed by atoms with van der Waals surface area (Å²) in [6, 6.07) is 3.47. The summed E-state index contributed by atoms with van der Waals surface area (Å²) in [4.78, 5) is 4.21. The van der Waals surface area contributed by atoms with Crippen LogP contribution in [0.2, 0.25) is 0 Å². The van der Waals surface area contributed by atoms with Gasteiger partial charge in [0.1, 0.15) is 5.83 Å². The molecule has 0 unspecified atom stereocenters. The van der Waals surface area contributed by atoms with E-state index in [0.29, 0.717) is 23.2 Å². The van der Waals surface area contributed by atoms with Gasteiger partial charge >= 0.3 is 7.12 Å². The molecule has 0 amide bonds. The van der Waals surface area contributed by atoms with E-state index < -0.39 is 18.3 Å². The number of pyridine rings is 1. The lowest BCUT2D eigenvalue weighted by Gasteiger charge is -2.32. The number of fused-ring (bicyclic) bond motifs is 1. The molecule has 1 aliphatic heterocycles. The zero-order valence-corrected chi connectivity index (χ0v) is 12.8. The van der Waals surface area contributed by atoms with Crippen molar-refractivity contribution in [3.8, 4) is 0 Å². The second-order valence-corrected chi connectivity index (χ2v) is 6.47. The summed E-state index contributed by atoms with van der Waals surface area (Å²) < 4.78 is 26.8. The van der Waals surface area contributed by atoms with Gasteiger partial charge in [0.05, 0.1) is 16.9 Å². The van der Waals surface area contributed by atoms with Crippen LogP contribution >= 0.6 is 0 Å². The van der Waals surface area contributed by atoms with Crippen LogP contribution in [0.1, 0.15) is 45.4 Å². The molecule has 2 aliphatic rings. The summed E-state index contributed by atoms with van der Waals surface area (Å²) >= 11 is 0. The maximum absolute atomic E-state index is 14.9. The summed E-state index contributed by atoms with van der Waals surface area (Å²) in [6.07, 6.45) is 5.86. The third-order valence-electron chi connectivity index (χ3n) is 4.51. The Kier molecular flexibility index (Phi) is 3.30. The quantitative estimate of drug-likeness (QED) is 0.736. The summed E-state index contributed by atoms with van der Waals surface area (Å²) in [5.41, 5.74) is 0.714. The molecular formula is C16H19BFNO2. The van der Waals surface area contributed by atoms with Gasteiger partial charge in [0.2, 0.25) is 0 Å². The number of halogens is 1. The molecule has 0 bridgehead atoms. The summed E-state index contributed by atoms with van der Waals surface area (Å²) in [5.74, 6) is -0.290. The van der Waals surface area contributed by atoms with Gasteiger partial charge in [0, 0.05) is 17.2 Å². The van der Waals surface area contributed by atoms with Crippen molar-refractivity contribution in [1.82, 2.24) is 4.98 Å². The standard InChI is InChI=1S/C16H19BFNO2/c1-15(2)16(3,4)21-17(20-15)12-8-5-9-13-11(14(12)18)7-6-10-19-13/h5-7,9-10H,8H2,1-4H3. The van der Waals surface area contributed by atoms with Crippen LogP contribution in [0.25, 0.3) is 11.9 Å². The molecule has 21 heavy (non-hydrogen) atoms. The molecule has 0 radical (unpaired) electrons. The monoisotopic (exact) mass is 287 g/mol. The predicted octanol–water partition coefficient (Wildman–Crippen LogP) is 3.81. The van der Waals surface area contributed by atoms with E-state index in [-0.39, 0.29) is 5.83 Å². The predicted molar refractivity (Wildman–Crippen MR) is 82.0 cm³/mol. The molecule has 3 nitrogen and oxygen atoms in total. The van der Waals surface area contributed by atoms with Crippen molar-refractivity contribution in [2.45, 2.75) is 45.3 Å². The van der Waals surface area contributed by atoms with Gasteiger partial charge in [-0.3, -0.25) is 4.98 Å². The first-order chi connectivity index (χ1) is 9.82. The van der Waals surface area contributed by atoms with Crippen molar-refractivity contribution in [3.05, 3.63) is 41.1 Å². The largest absolute Gasteiger partial charge is 0.493 e. The minimum atomic E-state index is -0.661. The number of allylic oxidation sites excluding steroid dienone is 2. The van der Waals surface area contributed by atoms with Crippen LogP contribution in [-0.2, 0) is 9.31 Å². The van der Waals surface area contributed by atoms with Crippen LogP contribution in [0.4, 0.5) is 4.39 Å². The lowest BCUT2D eigenvalue weighted by Crippen LogP contribution is -2.41. The Morgan fingerprint density at radius 1 is 1.19 bits per heavy atom. The molecule has 110 valence electrons. The molecule has 1 saturated heterocycles. The number of aromatic nitrogens is 1. The Labute approximate surface area is 125 Å². The molecule has 0 atom stereocenters. The summed E-state index contributed by atoms with van der Waals surface area (Å²) in [7, 11) is -0.661. The molecule has 1 aromatic heterocycles. The van der Waals surface area contributed by atoms with Gasteiger partial charge in [-0.2, -0.15) is 0 Å². The summed E-state index contributed by atoms with van der Waals surface area (Å²) in [5, 5.41) is 0. The van der Waals surface area contributed by atoms with Crippen LogP contribution < -0.4 is 0 Å². The van der Waals surface area contributed by atoms with E-state index in [4.69, 9.17) is 9.31 Å². The van der Waals surface area contributed by atoms with E-state index >= 15 is 0 Å². The van der Waals surface area contributed by atoms with Crippen molar-refractivity contribution in [2.24, 2.45) is 0 Å². The van der Waals surface area contributed by atoms with E-state index in [1.54, 1.807) is 18.3 Å². The van der Waals surface area contributed by atoms with Gasteiger partial charge in [-0.1, -0.05) is 6.08 Å². The molecule has 5 heteroatoms. The molecule has 1 fully saturated rings. The molecule has 1 aliphatic carbocycles. The highest BCUT2D eigenvalue weighted by Gasteiger charge is 2.53. The van der Waals surface area contributed by atoms with Gasteiger partial charge in [0.25, 0.3) is 0 Å². The van der Waals surface area contributed by atoms with Gasteiger partial charge < -0.3 is 9.31 Å². The molecule has 2 heterocycles. The van der Waals surface area contributed by atoms with Crippen molar-refractivity contribution < 1.29 is 13.7 Å². The summed E-state index contributed by atoms with van der Waals surface area (Å²) in [6.45, 7) is 7.86. The van der Waals surface area contributed by atoms with Crippen LogP contribution in [0, 0.1) is 0 Å². The second kappa shape index (κ2) is 4.78. The van der Waals surface area contributed by atoms with Gasteiger partial charge in [0.15, 0.2) is 0 Å². The minimum Gasteiger partial charge on any atom is -0.399 e. The first-order valence-electron chi connectivity index (χ1n) is 7.18. The molecule has 0 N–H and O–H groups in total. The highest BCUT2D eigenvalue weighted by molar-refractivity contribution is 6.56. The maximum atomic E-state index is 14.9. The van der Waals surface area contributed by atoms with Crippen molar-refractivity contribution in [1.29, 1.82) is 0 Å². The molecule has 1 aromatic rings. The highest BCUT2D eigenvalue weighted by atomic mass is 19.1. The third kappa shape index (κ3) is 2.34. The van der Waals surface area contributed by atoms with Crippen LogP contribution in [-0.4, -0.2) is 23.3 Å². The van der Waals surface area contributed by atoms with Crippen molar-refractivity contribution in [3.63, 3.8) is 0 Å². The fourth-order valence-corrected chi connectivity index (χ4v) is 2.48. The number of rotatable bonds is 1. The average Bonchev–Trinajstić information content (AvgIpc) is 2.55. The zero-order chi connectivity index (χ0) is 15.3. The SMILES string of the molecule is CC1(C)OB(C2=C(F)c3cccnc3C=CC2)OC1(C)C. The van der Waals surface area contributed by atoms with Crippen LogP contribution in [0.3, 0.4) is 0 Å². The topological polar surface area (TPSA) is 31.4 Å². The number of hydrogen-bond acceptors (Lipinski definition) is 3. The Balaban J connectivity index is 2.02. The number of hydrogen-bond donors (Lipinski definition) is 0. The van der Waals surface area contributed by atoms with E-state index in [9.17, 15) is 4.39 Å². The van der Waals surface area contributed by atoms with Crippen molar-refractivity contribution >= 4 is 19.0 Å². The number of nitrogens with zero attached hydrogens (tertiary/aromatic N) is 1. The molecule has 0 aromatic carbocycles. The molecule has 0 saturated carbocycles. The fourth-order valence-electron chi connectivity index (χ4n) is 2.48. The molecular weight excluding hydrogens is 268 g/mol. The Hall–Kier alpha value is -1.46. The smallest absolute Gasteiger partial charge is 0.399 e. The van der Waals surface area contributed by atoms with Crippen LogP contribution in [0.5, 0.6) is 0 Å². The van der Waals surface area contributed by atoms with Gasteiger partial charge in [-0.05, 0) is 52.3 Å². The Bertz CT molecular complexity index is 621. The lowest BCUT2D eigenvalue weighted by molar-refractivity contribution is 0.00578. The second-order valence-electron chi connectivity index (χ2n) is 6.47. The lowest BCUT2D eigenvalue weighted by atomic mass is 9.75. The normalized spacial score (nSPS) is 23.2. The van der Waals surface area contributed by atoms with Crippen LogP contribution in [0.15, 0.2) is 29.9 Å². The van der Waals surface area contributed by atoms with Gasteiger partial charge in [-0.15, -0.1) is 0 Å². The highest BCUT2D eigenvalue weighted by Crippen LogP contribution is 2.41. The van der Waals surface area contributed by atoms with Gasteiger partial charge in [-0.25, -0.2) is 4.39 Å². The first kappa shape index (κ1) is 14.5. The fraction of sp³-hybridized carbons (Fsp3) is 0.438. The zero-order valence-electron chi connectivity index (χ0n) is 12.8. The van der Waals surface area contributed by atoms with E-state index in [2.05, 4.69) is 4.98 Å². The third-order valence-corrected chi connectivity index (χ3v) is 4.51. The Morgan fingerprint density at radius 2 is 1.86 bits per heavy atom. The van der Waals surface area contributed by atoms with Crippen molar-refractivity contribution in [2.75, 3.05) is 0 Å². The maximum Gasteiger partial charge on any atom is 0.493 e. The minimum absolute atomic E-state index is 0.290. The molecule has 3 rings (SSSR count). The van der Waals surface area contributed by atoms with E-state index in [1.165, 1.54) is 0 Å². The van der Waals surface area contributed by atoms with E-state index in [0.717, 1.165) is 0 Å².